The van der Waals surface area contributed by atoms with Crippen LogP contribution in [0.3, 0.4) is 0 Å². The van der Waals surface area contributed by atoms with Crippen LogP contribution in [-0.4, -0.2) is 12.1 Å². The molecular weight excluding hydrogens is 354 g/mol. The minimum atomic E-state index is 0. The van der Waals surface area contributed by atoms with Gasteiger partial charge in [-0.3, -0.25) is 0 Å². The van der Waals surface area contributed by atoms with Crippen LogP contribution in [-0.2, 0) is 0 Å². The van der Waals surface area contributed by atoms with Crippen molar-refractivity contribution in [1.29, 1.82) is 5.41 Å². The molecule has 0 unspecified atom stereocenters. The molecule has 0 radical (unpaired) electrons. The Hall–Kier alpha value is -0.268. The summed E-state index contributed by atoms with van der Waals surface area (Å²) in [5, 5.41) is 11.6. The largest absolute Gasteiger partial charge is 2.00 e. The predicted molar refractivity (Wildman–Crippen MR) is 37.3 cm³/mol. The third kappa shape index (κ3) is 5.86. The molecule has 0 heterocycles. The zero-order valence-corrected chi connectivity index (χ0v) is 9.97. The molecule has 0 fully saturated rings. The van der Waals surface area contributed by atoms with Crippen LogP contribution in [0.5, 0.6) is 0 Å². The minimum absolute atomic E-state index is 0. The number of amidine groups is 1. The van der Waals surface area contributed by atoms with Gasteiger partial charge in [0.15, 0.2) is 5.84 Å². The summed E-state index contributed by atoms with van der Waals surface area (Å²) in [7, 11) is 0. The van der Waals surface area contributed by atoms with Gasteiger partial charge in [-0.25, -0.2) is 0 Å². The zero-order valence-electron chi connectivity index (χ0n) is 5.81. The molecule has 54 valence electrons. The molecule has 0 saturated heterocycles. The third-order valence-electron chi connectivity index (χ3n) is 0.611. The maximum atomic E-state index is 6.60. The number of hydrogen-bond donors (Lipinski definition) is 4. The van der Waals surface area contributed by atoms with E-state index in [1.165, 1.54) is 0 Å². The molecule has 0 aliphatic carbocycles. The first kappa shape index (κ1) is 16.4. The fourth-order valence-corrected chi connectivity index (χ4v) is 0.208. The molecular formula is C5H11N4U+. The average molecular weight is 365 g/mol. The fourth-order valence-electron chi connectivity index (χ4n) is 0.208. The molecule has 0 bridgehead atoms. The van der Waals surface area contributed by atoms with E-state index in [0.29, 0.717) is 0 Å². The molecule has 0 aromatic rings. The van der Waals surface area contributed by atoms with Gasteiger partial charge in [0.1, 0.15) is 0 Å². The molecule has 0 rings (SSSR count). The Bertz CT molecular complexity index is 141. The second kappa shape index (κ2) is 8.73. The molecule has 0 aromatic heterocycles. The van der Waals surface area contributed by atoms with Gasteiger partial charge in [0.25, 0.3) is 0 Å². The van der Waals surface area contributed by atoms with Gasteiger partial charge in [-0.1, -0.05) is 18.0 Å². The minimum Gasteiger partial charge on any atom is -0.457 e. The Kier molecular flexibility index (Phi) is 14.3. The number of nitrogens with one attached hydrogen (secondary N) is 1. The van der Waals surface area contributed by atoms with Gasteiger partial charge < -0.3 is 29.7 Å². The van der Waals surface area contributed by atoms with Crippen LogP contribution in [0.4, 0.5) is 0 Å². The Morgan fingerprint density at radius 1 is 1.60 bits per heavy atom. The van der Waals surface area contributed by atoms with Crippen LogP contribution < -0.4 is 16.9 Å². The topological polar surface area (TPSA) is 101 Å². The van der Waals surface area contributed by atoms with Crippen molar-refractivity contribution < 1.29 is 36.5 Å². The van der Waals surface area contributed by atoms with Crippen molar-refractivity contribution in [2.45, 2.75) is 0 Å². The van der Waals surface area contributed by atoms with Crippen LogP contribution in [0, 0.1) is 50.1 Å². The van der Waals surface area contributed by atoms with Crippen molar-refractivity contribution >= 4 is 12.1 Å². The molecule has 5 heteroatoms. The molecule has 0 aromatic carbocycles. The third-order valence-corrected chi connectivity index (χ3v) is 0.611. The van der Waals surface area contributed by atoms with Crippen LogP contribution in [0.1, 0.15) is 0 Å². The van der Waals surface area contributed by atoms with Crippen molar-refractivity contribution in [2.75, 3.05) is 0 Å². The zero-order chi connectivity index (χ0) is 6.57. The quantitative estimate of drug-likeness (QED) is 0.194. The van der Waals surface area contributed by atoms with Gasteiger partial charge in [-0.2, -0.15) is 0 Å². The molecule has 0 aliphatic rings. The van der Waals surface area contributed by atoms with Gasteiger partial charge in [0.05, 0.1) is 0 Å². The summed E-state index contributed by atoms with van der Waals surface area (Å²) >= 11 is 0. The predicted octanol–water partition coefficient (Wildman–Crippen LogP) is -2.15. The second-order valence-corrected chi connectivity index (χ2v) is 1.16. The number of hydrogen-bond acceptors (Lipinski definition) is 2. The first-order chi connectivity index (χ1) is 3.72. The smallest absolute Gasteiger partial charge is 0.457 e. The molecule has 0 saturated carbocycles. The maximum Gasteiger partial charge on any atom is 2.00 e. The SMILES string of the molecule is N=CC(=[C-]N)C(N)=[NH2+].[CH3-].[U+2]. The van der Waals surface area contributed by atoms with Crippen molar-refractivity contribution in [2.24, 2.45) is 11.5 Å². The van der Waals surface area contributed by atoms with E-state index >= 15 is 0 Å². The maximum absolute atomic E-state index is 6.60. The number of rotatable bonds is 2. The van der Waals surface area contributed by atoms with E-state index in [1.54, 1.807) is 0 Å². The van der Waals surface area contributed by atoms with E-state index < -0.39 is 0 Å². The average Bonchev–Trinajstić information content (AvgIpc) is 1.69. The van der Waals surface area contributed by atoms with E-state index in [9.17, 15) is 0 Å². The Labute approximate surface area is 84.4 Å². The van der Waals surface area contributed by atoms with Gasteiger partial charge in [0.2, 0.25) is 0 Å². The van der Waals surface area contributed by atoms with Crippen molar-refractivity contribution in [3.63, 3.8) is 0 Å². The van der Waals surface area contributed by atoms with Crippen molar-refractivity contribution in [3.05, 3.63) is 19.2 Å². The van der Waals surface area contributed by atoms with Crippen molar-refractivity contribution in [1.82, 2.24) is 0 Å². The van der Waals surface area contributed by atoms with E-state index in [-0.39, 0.29) is 49.9 Å². The monoisotopic (exact) mass is 365 g/mol. The Morgan fingerprint density at radius 3 is 2.00 bits per heavy atom. The molecule has 0 atom stereocenters. The number of nitrogens with two attached hydrogens (primary N) is 3. The normalized spacial score (nSPS) is 8.60. The summed E-state index contributed by atoms with van der Waals surface area (Å²) in [6, 6.07) is 0. The molecule has 0 amide bonds. The summed E-state index contributed by atoms with van der Waals surface area (Å²) < 4.78 is 0. The Morgan fingerprint density at radius 2 is 2.00 bits per heavy atom. The van der Waals surface area contributed by atoms with Crippen LogP contribution in [0.2, 0.25) is 0 Å². The van der Waals surface area contributed by atoms with Gasteiger partial charge >= 0.3 is 31.1 Å². The molecule has 7 N–H and O–H groups in total. The van der Waals surface area contributed by atoms with Crippen LogP contribution in [0.25, 0.3) is 0 Å². The second-order valence-electron chi connectivity index (χ2n) is 1.16. The van der Waals surface area contributed by atoms with Crippen LogP contribution in [0.15, 0.2) is 5.57 Å². The van der Waals surface area contributed by atoms with Crippen LogP contribution >= 0.6 is 0 Å². The summed E-state index contributed by atoms with van der Waals surface area (Å²) in [4.78, 5) is 0. The summed E-state index contributed by atoms with van der Waals surface area (Å²) in [5.41, 5.74) is 10.1. The first-order valence-electron chi connectivity index (χ1n) is 1.94. The van der Waals surface area contributed by atoms with Gasteiger partial charge in [0, 0.05) is 0 Å². The fraction of sp³-hybridized carbons (Fsp3) is 0. The molecule has 4 nitrogen and oxygen atoms in total. The standard InChI is InChI=1S/C4H7N4.CH3.U/c5-1-3(2-6)4(7)8;;/h1,5H,6H2,(H3,7,8);1H3;/q2*-1;+2/p+1. The van der Waals surface area contributed by atoms with E-state index in [4.69, 9.17) is 22.3 Å². The Balaban J connectivity index is -0.000000245. The van der Waals surface area contributed by atoms with Gasteiger partial charge in [-0.05, 0) is 0 Å². The molecule has 0 aliphatic heterocycles. The summed E-state index contributed by atoms with van der Waals surface area (Å²) in [6.45, 7) is 0. The van der Waals surface area contributed by atoms with Crippen molar-refractivity contribution in [3.8, 4) is 0 Å². The van der Waals surface area contributed by atoms with E-state index in [2.05, 4.69) is 6.20 Å². The van der Waals surface area contributed by atoms with E-state index in [1.807, 2.05) is 0 Å². The molecule has 10 heavy (non-hydrogen) atoms. The first-order valence-corrected chi connectivity index (χ1v) is 1.94. The van der Waals surface area contributed by atoms with Gasteiger partial charge in [-0.15, -0.1) is 0 Å². The summed E-state index contributed by atoms with van der Waals surface area (Å²) in [6.07, 6.45) is 3.08. The summed E-state index contributed by atoms with van der Waals surface area (Å²) in [5.74, 6) is 0.0162. The molecule has 0 spiro atoms. The van der Waals surface area contributed by atoms with E-state index in [0.717, 1.165) is 6.21 Å².